The highest BCUT2D eigenvalue weighted by molar-refractivity contribution is 5.97. The molecule has 1 N–H and O–H groups in total. The van der Waals surface area contributed by atoms with Crippen LogP contribution in [0.3, 0.4) is 0 Å². The van der Waals surface area contributed by atoms with E-state index in [1.54, 1.807) is 13.2 Å². The number of nitrogens with zero attached hydrogens (tertiary/aromatic N) is 3. The minimum absolute atomic E-state index is 0.00232. The largest absolute Gasteiger partial charge is 0.380 e. The van der Waals surface area contributed by atoms with Gasteiger partial charge >= 0.3 is 0 Å². The number of amides is 1. The molecule has 40 heavy (non-hydrogen) atoms. The number of pyridine rings is 2. The summed E-state index contributed by atoms with van der Waals surface area (Å²) in [6, 6.07) is 9.31. The first-order valence-electron chi connectivity index (χ1n) is 12.6. The number of methoxy groups -OCH3 is 1. The Morgan fingerprint density at radius 2 is 1.77 bits per heavy atom. The number of ether oxygens (including phenoxy) is 1. The molecule has 0 saturated carbocycles. The van der Waals surface area contributed by atoms with Crippen molar-refractivity contribution in [1.82, 2.24) is 14.9 Å². The fourth-order valence-electron chi connectivity index (χ4n) is 5.03. The molecule has 2 aromatic carbocycles. The third kappa shape index (κ3) is 4.92. The quantitative estimate of drug-likeness (QED) is 0.346. The summed E-state index contributed by atoms with van der Waals surface area (Å²) in [5, 5.41) is 2.52. The second-order valence-electron chi connectivity index (χ2n) is 10.1. The number of benzene rings is 2. The summed E-state index contributed by atoms with van der Waals surface area (Å²) >= 11 is 0. The van der Waals surface area contributed by atoms with Crippen molar-refractivity contribution in [2.24, 2.45) is 0 Å². The van der Waals surface area contributed by atoms with Crippen LogP contribution < -0.4 is 15.6 Å². The summed E-state index contributed by atoms with van der Waals surface area (Å²) < 4.78 is 64.4. The first-order chi connectivity index (χ1) is 19.0. The normalized spacial score (nSPS) is 15.6. The summed E-state index contributed by atoms with van der Waals surface area (Å²) in [5.41, 5.74) is -3.19. The Balaban J connectivity index is 1.65. The number of carbonyl (C=O) groups is 1. The van der Waals surface area contributed by atoms with Crippen molar-refractivity contribution in [2.75, 3.05) is 25.1 Å². The Labute approximate surface area is 227 Å². The SMILES string of the molecule is CO[C@@H]1CCN(c2ccc3c(=O)c(C(=O)NC(C)(C)c4c(F)cccc4F)cn(-c4ccc(F)cc4F)c3n2)C1. The van der Waals surface area contributed by atoms with Crippen molar-refractivity contribution in [3.05, 3.63) is 99.3 Å². The van der Waals surface area contributed by atoms with Gasteiger partial charge in [-0.25, -0.2) is 22.5 Å². The van der Waals surface area contributed by atoms with E-state index in [1.807, 2.05) is 4.90 Å². The zero-order valence-electron chi connectivity index (χ0n) is 22.0. The zero-order chi connectivity index (χ0) is 28.8. The number of halogens is 4. The molecular formula is C29H26F4N4O3. The molecule has 5 rings (SSSR count). The van der Waals surface area contributed by atoms with E-state index in [9.17, 15) is 27.2 Å². The monoisotopic (exact) mass is 554 g/mol. The summed E-state index contributed by atoms with van der Waals surface area (Å²) in [6.45, 7) is 3.99. The van der Waals surface area contributed by atoms with Crippen LogP contribution in [0.15, 0.2) is 59.5 Å². The summed E-state index contributed by atoms with van der Waals surface area (Å²) in [5.74, 6) is -3.93. The highest BCUT2D eigenvalue weighted by Gasteiger charge is 2.31. The van der Waals surface area contributed by atoms with E-state index in [4.69, 9.17) is 4.74 Å². The number of aromatic nitrogens is 2. The Hall–Kier alpha value is -4.25. The molecule has 1 aliphatic heterocycles. The van der Waals surface area contributed by atoms with Gasteiger partial charge in [0.2, 0.25) is 5.43 Å². The fourth-order valence-corrected chi connectivity index (χ4v) is 5.03. The van der Waals surface area contributed by atoms with Crippen LogP contribution in [0.1, 0.15) is 36.2 Å². The van der Waals surface area contributed by atoms with Crippen LogP contribution in [-0.4, -0.2) is 41.8 Å². The van der Waals surface area contributed by atoms with Gasteiger partial charge in [-0.1, -0.05) is 6.07 Å². The Morgan fingerprint density at radius 1 is 1.05 bits per heavy atom. The second kappa shape index (κ2) is 10.4. The lowest BCUT2D eigenvalue weighted by Gasteiger charge is -2.28. The van der Waals surface area contributed by atoms with Crippen LogP contribution in [0, 0.1) is 23.3 Å². The first kappa shape index (κ1) is 27.3. The summed E-state index contributed by atoms with van der Waals surface area (Å²) in [6.07, 6.45) is 1.87. The summed E-state index contributed by atoms with van der Waals surface area (Å²) in [7, 11) is 1.62. The van der Waals surface area contributed by atoms with Gasteiger partial charge in [0.25, 0.3) is 5.91 Å². The van der Waals surface area contributed by atoms with Crippen molar-refractivity contribution in [3.63, 3.8) is 0 Å². The molecule has 1 atom stereocenters. The molecule has 0 unspecified atom stereocenters. The van der Waals surface area contributed by atoms with Gasteiger partial charge in [0.1, 0.15) is 34.7 Å². The van der Waals surface area contributed by atoms with Crippen molar-refractivity contribution in [3.8, 4) is 5.69 Å². The van der Waals surface area contributed by atoms with Crippen molar-refractivity contribution >= 4 is 22.8 Å². The molecule has 2 aromatic heterocycles. The van der Waals surface area contributed by atoms with Crippen molar-refractivity contribution < 1.29 is 27.1 Å². The first-order valence-corrected chi connectivity index (χ1v) is 12.6. The second-order valence-corrected chi connectivity index (χ2v) is 10.1. The van der Waals surface area contributed by atoms with E-state index in [0.29, 0.717) is 25.0 Å². The molecule has 7 nitrogen and oxygen atoms in total. The predicted molar refractivity (Wildman–Crippen MR) is 142 cm³/mol. The lowest BCUT2D eigenvalue weighted by molar-refractivity contribution is 0.0908. The molecule has 0 bridgehead atoms. The van der Waals surface area contributed by atoms with Gasteiger partial charge < -0.3 is 15.0 Å². The molecule has 1 saturated heterocycles. The van der Waals surface area contributed by atoms with E-state index in [1.165, 1.54) is 36.6 Å². The van der Waals surface area contributed by atoms with E-state index in [2.05, 4.69) is 10.3 Å². The van der Waals surface area contributed by atoms with Gasteiger partial charge in [0.15, 0.2) is 5.65 Å². The van der Waals surface area contributed by atoms with Crippen LogP contribution in [0.5, 0.6) is 0 Å². The average Bonchev–Trinajstić information content (AvgIpc) is 3.38. The van der Waals surface area contributed by atoms with E-state index in [0.717, 1.165) is 30.8 Å². The third-order valence-corrected chi connectivity index (χ3v) is 7.07. The van der Waals surface area contributed by atoms with Gasteiger partial charge in [0.05, 0.1) is 22.7 Å². The molecule has 3 heterocycles. The number of hydrogen-bond donors (Lipinski definition) is 1. The van der Waals surface area contributed by atoms with Crippen molar-refractivity contribution in [2.45, 2.75) is 31.9 Å². The van der Waals surface area contributed by atoms with E-state index >= 15 is 0 Å². The Bertz CT molecular complexity index is 1670. The van der Waals surface area contributed by atoms with E-state index in [-0.39, 0.29) is 28.4 Å². The fraction of sp³-hybridized carbons (Fsp3) is 0.276. The van der Waals surface area contributed by atoms with Gasteiger partial charge in [0, 0.05) is 38.0 Å². The number of rotatable bonds is 6. The maximum Gasteiger partial charge on any atom is 0.257 e. The number of nitrogens with one attached hydrogen (secondary N) is 1. The molecule has 11 heteroatoms. The molecule has 0 spiro atoms. The number of carbonyl (C=O) groups excluding carboxylic acids is 1. The lowest BCUT2D eigenvalue weighted by Crippen LogP contribution is -2.44. The molecule has 1 aliphatic rings. The van der Waals surface area contributed by atoms with Gasteiger partial charge in [-0.3, -0.25) is 14.2 Å². The summed E-state index contributed by atoms with van der Waals surface area (Å²) in [4.78, 5) is 33.5. The lowest BCUT2D eigenvalue weighted by atomic mass is 9.92. The predicted octanol–water partition coefficient (Wildman–Crippen LogP) is 4.83. The number of anilines is 1. The molecule has 1 fully saturated rings. The maximum absolute atomic E-state index is 15.0. The van der Waals surface area contributed by atoms with Crippen LogP contribution in [-0.2, 0) is 10.3 Å². The minimum atomic E-state index is -1.56. The minimum Gasteiger partial charge on any atom is -0.380 e. The molecule has 0 radical (unpaired) electrons. The topological polar surface area (TPSA) is 76.5 Å². The van der Waals surface area contributed by atoms with Gasteiger partial charge in [-0.2, -0.15) is 0 Å². The standard InChI is InChI=1S/C29H26F4N4O3/c1-29(2,25-20(31)5-4-6-21(25)32)35-28(39)19-15-37(23-9-7-16(30)13-22(23)33)27-18(26(19)38)8-10-24(34-27)36-12-11-17(14-36)40-3/h4-10,13,15,17H,11-12,14H2,1-3H3,(H,35,39)/t17-/m1/s1. The molecule has 0 aliphatic carbocycles. The van der Waals surface area contributed by atoms with Crippen LogP contribution >= 0.6 is 0 Å². The maximum atomic E-state index is 15.0. The van der Waals surface area contributed by atoms with Gasteiger partial charge in [-0.15, -0.1) is 0 Å². The van der Waals surface area contributed by atoms with Crippen molar-refractivity contribution in [1.29, 1.82) is 0 Å². The van der Waals surface area contributed by atoms with Crippen LogP contribution in [0.2, 0.25) is 0 Å². The van der Waals surface area contributed by atoms with Gasteiger partial charge in [-0.05, 0) is 56.7 Å². The molecule has 4 aromatic rings. The molecule has 208 valence electrons. The van der Waals surface area contributed by atoms with E-state index < -0.39 is 45.7 Å². The zero-order valence-corrected chi connectivity index (χ0v) is 22.0. The Kier molecular flexibility index (Phi) is 7.09. The smallest absolute Gasteiger partial charge is 0.257 e. The highest BCUT2D eigenvalue weighted by atomic mass is 19.1. The van der Waals surface area contributed by atoms with Crippen LogP contribution in [0.25, 0.3) is 16.7 Å². The highest BCUT2D eigenvalue weighted by Crippen LogP contribution is 2.28. The number of fused-ring (bicyclic) bond motifs is 1. The molecule has 1 amide bonds. The number of hydrogen-bond acceptors (Lipinski definition) is 5. The van der Waals surface area contributed by atoms with Crippen LogP contribution in [0.4, 0.5) is 23.4 Å². The molecular weight excluding hydrogens is 528 g/mol. The Morgan fingerprint density at radius 3 is 2.42 bits per heavy atom. The third-order valence-electron chi connectivity index (χ3n) is 7.07. The average molecular weight is 555 g/mol.